The fraction of sp³-hybridized carbons (Fsp3) is 0.400. The number of rotatable bonds is 6. The molecule has 2 rings (SSSR count). The molecule has 25 heavy (non-hydrogen) atoms. The maximum absolute atomic E-state index is 12.0. The zero-order valence-electron chi connectivity index (χ0n) is 13.4. The van der Waals surface area contributed by atoms with Gasteiger partial charge in [-0.1, -0.05) is 0 Å². The highest BCUT2D eigenvalue weighted by atomic mass is 32.2. The van der Waals surface area contributed by atoms with E-state index in [2.05, 4.69) is 10.6 Å². The monoisotopic (exact) mass is 367 g/mol. The number of anilines is 1. The van der Waals surface area contributed by atoms with Crippen molar-refractivity contribution in [3.05, 3.63) is 34.4 Å². The van der Waals surface area contributed by atoms with Gasteiger partial charge in [0.05, 0.1) is 16.8 Å². The number of non-ortho nitro benzene ring substituents is 1. The molecule has 10 heteroatoms. The molecule has 0 spiro atoms. The number of nitro benzene ring substituents is 1. The number of ether oxygens (including phenoxy) is 1. The first-order chi connectivity index (χ1) is 11.9. The predicted octanol–water partition coefficient (Wildman–Crippen LogP) is 1.09. The first kappa shape index (κ1) is 18.7. The zero-order valence-corrected chi connectivity index (χ0v) is 14.2. The summed E-state index contributed by atoms with van der Waals surface area (Å²) in [5, 5.41) is 15.1. The quantitative estimate of drug-likeness (QED) is 0.437. The number of carbonyl (C=O) groups excluding carboxylic acids is 3. The highest BCUT2D eigenvalue weighted by molar-refractivity contribution is 8.00. The van der Waals surface area contributed by atoms with E-state index >= 15 is 0 Å². The maximum atomic E-state index is 12.0. The first-order valence-electron chi connectivity index (χ1n) is 7.53. The van der Waals surface area contributed by atoms with Gasteiger partial charge in [0.1, 0.15) is 6.04 Å². The van der Waals surface area contributed by atoms with Crippen LogP contribution in [0.4, 0.5) is 11.4 Å². The SMILES string of the molecule is CCOC(=O)[C@H]1CS[C@@H](CC(=O)Nc2ccc([N+](=O)[O-])cc2)C(=O)N1. The molecule has 2 N–H and O–H groups in total. The van der Waals surface area contributed by atoms with E-state index in [-0.39, 0.29) is 18.7 Å². The minimum absolute atomic E-state index is 0.0664. The molecule has 2 amide bonds. The summed E-state index contributed by atoms with van der Waals surface area (Å²) in [7, 11) is 0. The fourth-order valence-corrected chi connectivity index (χ4v) is 3.30. The topological polar surface area (TPSA) is 128 Å². The molecule has 9 nitrogen and oxygen atoms in total. The second kappa shape index (κ2) is 8.47. The van der Waals surface area contributed by atoms with Gasteiger partial charge in [-0.2, -0.15) is 0 Å². The molecular formula is C15H17N3O6S. The third-order valence-electron chi connectivity index (χ3n) is 3.38. The van der Waals surface area contributed by atoms with Gasteiger partial charge in [0.25, 0.3) is 5.69 Å². The van der Waals surface area contributed by atoms with E-state index in [1.165, 1.54) is 36.0 Å². The van der Waals surface area contributed by atoms with Gasteiger partial charge in [-0.15, -0.1) is 11.8 Å². The molecule has 1 aromatic carbocycles. The lowest BCUT2D eigenvalue weighted by atomic mass is 10.2. The van der Waals surface area contributed by atoms with E-state index in [0.717, 1.165) is 0 Å². The van der Waals surface area contributed by atoms with Gasteiger partial charge in [-0.05, 0) is 19.1 Å². The van der Waals surface area contributed by atoms with Crippen molar-refractivity contribution >= 4 is 40.9 Å². The molecule has 1 aliphatic rings. The fourth-order valence-electron chi connectivity index (χ4n) is 2.16. The van der Waals surface area contributed by atoms with Crippen LogP contribution >= 0.6 is 11.8 Å². The number of esters is 1. The number of nitrogens with zero attached hydrogens (tertiary/aromatic N) is 1. The van der Waals surface area contributed by atoms with Gasteiger partial charge in [0.15, 0.2) is 0 Å². The van der Waals surface area contributed by atoms with Crippen LogP contribution in [0.3, 0.4) is 0 Å². The van der Waals surface area contributed by atoms with Crippen LogP contribution in [0, 0.1) is 10.1 Å². The standard InChI is InChI=1S/C15H17N3O6S/c1-2-24-15(21)11-8-25-12(14(20)17-11)7-13(19)16-9-3-5-10(6-4-9)18(22)23/h3-6,11-12H,2,7-8H2,1H3,(H,16,19)(H,17,20)/t11-,12+/m1/s1. The molecule has 0 aromatic heterocycles. The molecule has 1 saturated heterocycles. The molecule has 0 radical (unpaired) electrons. The van der Waals surface area contributed by atoms with Crippen LogP contribution in [0.25, 0.3) is 0 Å². The number of carbonyl (C=O) groups is 3. The molecule has 1 aliphatic heterocycles. The second-order valence-corrected chi connectivity index (χ2v) is 6.43. The van der Waals surface area contributed by atoms with Crippen LogP contribution in [-0.2, 0) is 19.1 Å². The molecule has 1 heterocycles. The average Bonchev–Trinajstić information content (AvgIpc) is 2.57. The summed E-state index contributed by atoms with van der Waals surface area (Å²) < 4.78 is 4.86. The Morgan fingerprint density at radius 1 is 1.40 bits per heavy atom. The highest BCUT2D eigenvalue weighted by Crippen LogP contribution is 2.22. The first-order valence-corrected chi connectivity index (χ1v) is 8.58. The van der Waals surface area contributed by atoms with Crippen LogP contribution < -0.4 is 10.6 Å². The largest absolute Gasteiger partial charge is 0.464 e. The van der Waals surface area contributed by atoms with E-state index in [1.54, 1.807) is 6.92 Å². The maximum Gasteiger partial charge on any atom is 0.329 e. The minimum Gasteiger partial charge on any atom is -0.464 e. The Morgan fingerprint density at radius 3 is 2.64 bits per heavy atom. The molecule has 0 saturated carbocycles. The lowest BCUT2D eigenvalue weighted by Gasteiger charge is -2.27. The van der Waals surface area contributed by atoms with Crippen molar-refractivity contribution in [3.8, 4) is 0 Å². The summed E-state index contributed by atoms with van der Waals surface area (Å²) in [4.78, 5) is 45.7. The second-order valence-electron chi connectivity index (χ2n) is 5.19. The van der Waals surface area contributed by atoms with Crippen molar-refractivity contribution in [2.45, 2.75) is 24.6 Å². The summed E-state index contributed by atoms with van der Waals surface area (Å²) in [6.45, 7) is 1.91. The van der Waals surface area contributed by atoms with Gasteiger partial charge in [0.2, 0.25) is 11.8 Å². The lowest BCUT2D eigenvalue weighted by molar-refractivity contribution is -0.384. The molecule has 134 valence electrons. The highest BCUT2D eigenvalue weighted by Gasteiger charge is 2.34. The molecule has 0 aliphatic carbocycles. The van der Waals surface area contributed by atoms with Gasteiger partial charge < -0.3 is 15.4 Å². The Kier molecular flexibility index (Phi) is 6.34. The number of nitro groups is 1. The zero-order chi connectivity index (χ0) is 18.4. The van der Waals surface area contributed by atoms with Crippen molar-refractivity contribution in [1.29, 1.82) is 0 Å². The van der Waals surface area contributed by atoms with E-state index in [0.29, 0.717) is 11.4 Å². The van der Waals surface area contributed by atoms with E-state index in [1.807, 2.05) is 0 Å². The van der Waals surface area contributed by atoms with E-state index in [9.17, 15) is 24.5 Å². The summed E-state index contributed by atoms with van der Waals surface area (Å²) in [5.41, 5.74) is 0.325. The molecule has 1 fully saturated rings. The van der Waals surface area contributed by atoms with Gasteiger partial charge in [-0.3, -0.25) is 19.7 Å². The molecule has 0 bridgehead atoms. The smallest absolute Gasteiger partial charge is 0.329 e. The Morgan fingerprint density at radius 2 is 2.08 bits per heavy atom. The third-order valence-corrected chi connectivity index (χ3v) is 4.69. The van der Waals surface area contributed by atoms with Crippen LogP contribution in [0.15, 0.2) is 24.3 Å². The van der Waals surface area contributed by atoms with Crippen molar-refractivity contribution in [2.75, 3.05) is 17.7 Å². The summed E-state index contributed by atoms with van der Waals surface area (Å²) >= 11 is 1.22. The Labute approximate surface area is 147 Å². The number of thioether (sulfide) groups is 1. The Bertz CT molecular complexity index is 678. The average molecular weight is 367 g/mol. The molecule has 1 aromatic rings. The number of hydrogen-bond donors (Lipinski definition) is 2. The summed E-state index contributed by atoms with van der Waals surface area (Å²) in [5.74, 6) is -0.943. The lowest BCUT2D eigenvalue weighted by Crippen LogP contribution is -2.51. The van der Waals surface area contributed by atoms with Gasteiger partial charge >= 0.3 is 5.97 Å². The van der Waals surface area contributed by atoms with Crippen LogP contribution in [0.5, 0.6) is 0 Å². The van der Waals surface area contributed by atoms with E-state index < -0.39 is 34.0 Å². The number of nitrogens with one attached hydrogen (secondary N) is 2. The number of benzene rings is 1. The minimum atomic E-state index is -0.702. The summed E-state index contributed by atoms with van der Waals surface area (Å²) in [6.07, 6.45) is -0.0664. The molecule has 2 atom stereocenters. The van der Waals surface area contributed by atoms with Crippen molar-refractivity contribution in [2.24, 2.45) is 0 Å². The summed E-state index contributed by atoms with van der Waals surface area (Å²) in [6, 6.07) is 4.69. The van der Waals surface area contributed by atoms with Crippen molar-refractivity contribution in [3.63, 3.8) is 0 Å². The van der Waals surface area contributed by atoms with Crippen molar-refractivity contribution in [1.82, 2.24) is 5.32 Å². The normalized spacial score (nSPS) is 19.6. The van der Waals surface area contributed by atoms with Crippen molar-refractivity contribution < 1.29 is 24.0 Å². The third kappa shape index (κ3) is 5.18. The Hall–Kier alpha value is -2.62. The van der Waals surface area contributed by atoms with Crippen LogP contribution in [0.2, 0.25) is 0 Å². The number of amides is 2. The van der Waals surface area contributed by atoms with Crippen LogP contribution in [-0.4, -0.2) is 46.4 Å². The Balaban J connectivity index is 1.85. The molecular weight excluding hydrogens is 350 g/mol. The van der Waals surface area contributed by atoms with Crippen LogP contribution in [0.1, 0.15) is 13.3 Å². The molecule has 0 unspecified atom stereocenters. The van der Waals surface area contributed by atoms with E-state index in [4.69, 9.17) is 4.74 Å². The predicted molar refractivity (Wildman–Crippen MR) is 91.2 cm³/mol. The number of hydrogen-bond acceptors (Lipinski definition) is 7. The van der Waals surface area contributed by atoms with Gasteiger partial charge in [0, 0.05) is 30.0 Å². The van der Waals surface area contributed by atoms with Gasteiger partial charge in [-0.25, -0.2) is 4.79 Å².